The molecule has 0 aromatic heterocycles. The summed E-state index contributed by atoms with van der Waals surface area (Å²) in [5, 5.41) is 9.15. The van der Waals surface area contributed by atoms with Crippen LogP contribution >= 0.6 is 7.60 Å². The van der Waals surface area contributed by atoms with Gasteiger partial charge < -0.3 is 9.05 Å². The summed E-state index contributed by atoms with van der Waals surface area (Å²) >= 11 is 0. The van der Waals surface area contributed by atoms with E-state index in [1.165, 1.54) is 6.08 Å². The molecule has 0 unspecified atom stereocenters. The van der Waals surface area contributed by atoms with E-state index in [1.807, 2.05) is 36.4 Å². The van der Waals surface area contributed by atoms with Crippen LogP contribution in [-0.4, -0.2) is 13.2 Å². The first-order valence-corrected chi connectivity index (χ1v) is 7.27. The first-order chi connectivity index (χ1) is 8.66. The molecule has 0 aliphatic carbocycles. The summed E-state index contributed by atoms with van der Waals surface area (Å²) in [5.74, 6) is 0. The van der Waals surface area contributed by atoms with Crippen LogP contribution in [-0.2, 0) is 13.6 Å². The number of hydrogen-bond acceptors (Lipinski definition) is 4. The zero-order chi connectivity index (χ0) is 13.4. The minimum atomic E-state index is -3.49. The van der Waals surface area contributed by atoms with Gasteiger partial charge in [-0.3, -0.25) is 4.57 Å². The molecule has 18 heavy (non-hydrogen) atoms. The van der Waals surface area contributed by atoms with Gasteiger partial charge in [0.15, 0.2) is 0 Å². The van der Waals surface area contributed by atoms with E-state index in [2.05, 4.69) is 0 Å². The second-order valence-corrected chi connectivity index (χ2v) is 5.38. The van der Waals surface area contributed by atoms with Gasteiger partial charge in [-0.25, -0.2) is 0 Å². The van der Waals surface area contributed by atoms with E-state index in [4.69, 9.17) is 14.3 Å². The normalized spacial score (nSPS) is 12.2. The summed E-state index contributed by atoms with van der Waals surface area (Å²) in [6.45, 7) is 3.88. The fourth-order valence-electron chi connectivity index (χ4n) is 1.40. The predicted octanol–water partition coefficient (Wildman–Crippen LogP) is 3.82. The monoisotopic (exact) mass is 265 g/mol. The van der Waals surface area contributed by atoms with Gasteiger partial charge in [-0.2, -0.15) is 5.26 Å². The maximum Gasteiger partial charge on any atom is 0.371 e. The van der Waals surface area contributed by atoms with Crippen LogP contribution in [0, 0.1) is 11.3 Å². The fourth-order valence-corrected chi connectivity index (χ4v) is 2.86. The van der Waals surface area contributed by atoms with Crippen molar-refractivity contribution in [3.63, 3.8) is 0 Å². The van der Waals surface area contributed by atoms with Crippen molar-refractivity contribution in [1.82, 2.24) is 0 Å². The molecule has 4 nitrogen and oxygen atoms in total. The molecule has 0 saturated carbocycles. The SMILES string of the molecule is CCOP(=O)(OCC)/C(C#N)=C\c1ccccc1. The standard InChI is InChI=1S/C13H16NO3P/c1-3-16-18(15,17-4-2)13(11-14)10-12-8-6-5-7-9-12/h5-10H,3-4H2,1-2H3/b13-10-. The van der Waals surface area contributed by atoms with E-state index in [9.17, 15) is 4.57 Å². The Morgan fingerprint density at radius 1 is 1.28 bits per heavy atom. The van der Waals surface area contributed by atoms with Crippen LogP contribution < -0.4 is 0 Å². The molecule has 0 atom stereocenters. The summed E-state index contributed by atoms with van der Waals surface area (Å²) < 4.78 is 22.7. The van der Waals surface area contributed by atoms with Gasteiger partial charge in [0.25, 0.3) is 0 Å². The molecular weight excluding hydrogens is 249 g/mol. The summed E-state index contributed by atoms with van der Waals surface area (Å²) in [7, 11) is -3.49. The lowest BCUT2D eigenvalue weighted by Crippen LogP contribution is -1.97. The van der Waals surface area contributed by atoms with Crippen molar-refractivity contribution in [2.75, 3.05) is 13.2 Å². The Labute approximate surface area is 107 Å². The van der Waals surface area contributed by atoms with Gasteiger partial charge in [0, 0.05) is 0 Å². The molecule has 0 bridgehead atoms. The van der Waals surface area contributed by atoms with Crippen molar-refractivity contribution in [3.05, 3.63) is 41.2 Å². The van der Waals surface area contributed by atoms with Crippen LogP contribution in [0.5, 0.6) is 0 Å². The third-order valence-electron chi connectivity index (χ3n) is 2.11. The van der Waals surface area contributed by atoms with Gasteiger partial charge in [0.05, 0.1) is 13.2 Å². The van der Waals surface area contributed by atoms with Crippen molar-refractivity contribution in [2.24, 2.45) is 0 Å². The summed E-state index contributed by atoms with van der Waals surface area (Å²) in [5.41, 5.74) is 0.786. The number of nitrogens with zero attached hydrogens (tertiary/aromatic N) is 1. The molecule has 5 heteroatoms. The second kappa shape index (κ2) is 7.13. The van der Waals surface area contributed by atoms with Crippen LogP contribution in [0.2, 0.25) is 0 Å². The lowest BCUT2D eigenvalue weighted by molar-refractivity contribution is 0.227. The maximum atomic E-state index is 12.4. The van der Waals surface area contributed by atoms with Gasteiger partial charge in [0.2, 0.25) is 0 Å². The van der Waals surface area contributed by atoms with E-state index < -0.39 is 7.60 Å². The Kier molecular flexibility index (Phi) is 5.80. The van der Waals surface area contributed by atoms with Crippen LogP contribution in [0.15, 0.2) is 35.6 Å². The Bertz CT molecular complexity index is 481. The van der Waals surface area contributed by atoms with Crippen molar-refractivity contribution in [2.45, 2.75) is 13.8 Å². The second-order valence-electron chi connectivity index (χ2n) is 3.39. The predicted molar refractivity (Wildman–Crippen MR) is 70.9 cm³/mol. The van der Waals surface area contributed by atoms with E-state index in [0.29, 0.717) is 0 Å². The molecule has 0 spiro atoms. The van der Waals surface area contributed by atoms with Gasteiger partial charge in [-0.1, -0.05) is 30.3 Å². The quantitative estimate of drug-likeness (QED) is 0.579. The zero-order valence-electron chi connectivity index (χ0n) is 10.5. The molecule has 0 heterocycles. The van der Waals surface area contributed by atoms with Crippen molar-refractivity contribution >= 4 is 13.7 Å². The number of hydrogen-bond donors (Lipinski definition) is 0. The van der Waals surface area contributed by atoms with E-state index in [-0.39, 0.29) is 18.5 Å². The van der Waals surface area contributed by atoms with E-state index in [1.54, 1.807) is 13.8 Å². The number of allylic oxidation sites excluding steroid dienone is 1. The Morgan fingerprint density at radius 3 is 2.28 bits per heavy atom. The number of benzene rings is 1. The Balaban J connectivity index is 3.12. The van der Waals surface area contributed by atoms with Gasteiger partial charge in [0.1, 0.15) is 11.4 Å². The molecule has 0 aliphatic heterocycles. The largest absolute Gasteiger partial charge is 0.371 e. The summed E-state index contributed by atoms with van der Waals surface area (Å²) in [6.07, 6.45) is 1.53. The fraction of sp³-hybridized carbons (Fsp3) is 0.308. The summed E-state index contributed by atoms with van der Waals surface area (Å²) in [6, 6.07) is 11.1. The smallest absolute Gasteiger partial charge is 0.305 e. The van der Waals surface area contributed by atoms with E-state index >= 15 is 0 Å². The maximum absolute atomic E-state index is 12.4. The van der Waals surface area contributed by atoms with Crippen LogP contribution in [0.1, 0.15) is 19.4 Å². The third kappa shape index (κ3) is 3.82. The number of rotatable bonds is 6. The lowest BCUT2D eigenvalue weighted by Gasteiger charge is -2.15. The van der Waals surface area contributed by atoms with Gasteiger partial charge >= 0.3 is 7.60 Å². The molecule has 96 valence electrons. The molecule has 0 N–H and O–H groups in total. The van der Waals surface area contributed by atoms with Crippen molar-refractivity contribution in [3.8, 4) is 6.07 Å². The molecule has 0 amide bonds. The molecule has 0 saturated heterocycles. The third-order valence-corrected chi connectivity index (χ3v) is 4.13. The summed E-state index contributed by atoms with van der Waals surface area (Å²) in [4.78, 5) is 0. The molecule has 1 rings (SSSR count). The van der Waals surface area contributed by atoms with Gasteiger partial charge in [-0.15, -0.1) is 0 Å². The molecular formula is C13H16NO3P. The lowest BCUT2D eigenvalue weighted by atomic mass is 10.2. The van der Waals surface area contributed by atoms with E-state index in [0.717, 1.165) is 5.56 Å². The van der Waals surface area contributed by atoms with Crippen LogP contribution in [0.25, 0.3) is 6.08 Å². The molecule has 0 aliphatic rings. The molecule has 1 aromatic rings. The number of nitriles is 1. The highest BCUT2D eigenvalue weighted by molar-refractivity contribution is 7.59. The van der Waals surface area contributed by atoms with Crippen molar-refractivity contribution in [1.29, 1.82) is 5.26 Å². The topological polar surface area (TPSA) is 59.3 Å². The van der Waals surface area contributed by atoms with Crippen molar-refractivity contribution < 1.29 is 13.6 Å². The highest BCUT2D eigenvalue weighted by Gasteiger charge is 2.29. The average Bonchev–Trinajstić information content (AvgIpc) is 2.37. The molecule has 0 fully saturated rings. The zero-order valence-corrected chi connectivity index (χ0v) is 11.4. The van der Waals surface area contributed by atoms with Crippen LogP contribution in [0.3, 0.4) is 0 Å². The highest BCUT2D eigenvalue weighted by Crippen LogP contribution is 2.56. The average molecular weight is 265 g/mol. The minimum absolute atomic E-state index is 0.0254. The van der Waals surface area contributed by atoms with Gasteiger partial charge in [-0.05, 0) is 25.5 Å². The minimum Gasteiger partial charge on any atom is -0.305 e. The Morgan fingerprint density at radius 2 is 1.83 bits per heavy atom. The Hall–Kier alpha value is -1.40. The highest BCUT2D eigenvalue weighted by atomic mass is 31.2. The first-order valence-electron chi connectivity index (χ1n) is 5.72. The van der Waals surface area contributed by atoms with Crippen LogP contribution in [0.4, 0.5) is 0 Å². The molecule has 0 radical (unpaired) electrons. The molecule has 1 aromatic carbocycles. The first kappa shape index (κ1) is 14.7.